The topological polar surface area (TPSA) is 68.3 Å². The van der Waals surface area contributed by atoms with Crippen LogP contribution >= 0.6 is 22.7 Å². The van der Waals surface area contributed by atoms with Gasteiger partial charge in [-0.25, -0.2) is 9.78 Å². The Bertz CT molecular complexity index is 927. The van der Waals surface area contributed by atoms with Crippen LogP contribution in [0, 0.1) is 13.8 Å². The van der Waals surface area contributed by atoms with E-state index in [0.29, 0.717) is 22.7 Å². The van der Waals surface area contributed by atoms with E-state index in [2.05, 4.69) is 10.3 Å². The van der Waals surface area contributed by atoms with Crippen LogP contribution in [0.4, 0.5) is 5.00 Å². The molecule has 0 aliphatic heterocycles. The van der Waals surface area contributed by atoms with Crippen LogP contribution in [0.5, 0.6) is 0 Å². The van der Waals surface area contributed by atoms with Crippen molar-refractivity contribution in [2.45, 2.75) is 20.8 Å². The molecule has 3 rings (SSSR count). The number of fused-ring (bicyclic) bond motifs is 1. The molecular formula is C17H16N2O3S2. The van der Waals surface area contributed by atoms with E-state index in [1.165, 1.54) is 22.7 Å². The fraction of sp³-hybridized carbons (Fsp3) is 0.235. The Hall–Kier alpha value is -2.25. The number of aryl methyl sites for hydroxylation is 1. The van der Waals surface area contributed by atoms with Gasteiger partial charge in [-0.2, -0.15) is 0 Å². The minimum atomic E-state index is -0.410. The lowest BCUT2D eigenvalue weighted by atomic mass is 10.1. The number of hydrogen-bond donors (Lipinski definition) is 1. The van der Waals surface area contributed by atoms with Crippen molar-refractivity contribution in [1.29, 1.82) is 0 Å². The van der Waals surface area contributed by atoms with Gasteiger partial charge in [0.2, 0.25) is 0 Å². The van der Waals surface area contributed by atoms with Crippen molar-refractivity contribution < 1.29 is 14.3 Å². The van der Waals surface area contributed by atoms with E-state index >= 15 is 0 Å². The fourth-order valence-corrected chi connectivity index (χ4v) is 4.10. The first-order chi connectivity index (χ1) is 11.5. The van der Waals surface area contributed by atoms with E-state index < -0.39 is 5.97 Å². The zero-order chi connectivity index (χ0) is 17.3. The average molecular weight is 360 g/mol. The molecule has 1 aromatic carbocycles. The number of hydrogen-bond acceptors (Lipinski definition) is 6. The first kappa shape index (κ1) is 16.6. The molecule has 0 saturated carbocycles. The lowest BCUT2D eigenvalue weighted by Gasteiger charge is -2.07. The predicted molar refractivity (Wildman–Crippen MR) is 97.3 cm³/mol. The van der Waals surface area contributed by atoms with E-state index in [0.717, 1.165) is 20.7 Å². The van der Waals surface area contributed by atoms with Gasteiger partial charge in [-0.3, -0.25) is 4.79 Å². The standard InChI is InChI=1S/C17H16N2O3S2/c1-4-22-17(21)14-9(2)10(3)24-16(14)19-15(20)11-5-6-12-13(7-11)23-8-18-12/h5-8H,4H2,1-3H3,(H,19,20). The van der Waals surface area contributed by atoms with Crippen molar-refractivity contribution in [2.24, 2.45) is 0 Å². The van der Waals surface area contributed by atoms with Gasteiger partial charge in [-0.1, -0.05) is 0 Å². The Kier molecular flexibility index (Phi) is 4.64. The van der Waals surface area contributed by atoms with Crippen LogP contribution in [0.2, 0.25) is 0 Å². The first-order valence-corrected chi connectivity index (χ1v) is 9.12. The molecule has 0 atom stereocenters. The normalized spacial score (nSPS) is 10.8. The molecule has 5 nitrogen and oxygen atoms in total. The Morgan fingerprint density at radius 2 is 2.08 bits per heavy atom. The minimum Gasteiger partial charge on any atom is -0.462 e. The molecule has 24 heavy (non-hydrogen) atoms. The van der Waals surface area contributed by atoms with Crippen molar-refractivity contribution >= 4 is 49.8 Å². The molecule has 124 valence electrons. The molecule has 1 amide bonds. The summed E-state index contributed by atoms with van der Waals surface area (Å²) in [6.07, 6.45) is 0. The summed E-state index contributed by atoms with van der Waals surface area (Å²) in [6.45, 7) is 5.83. The molecule has 0 aliphatic rings. The fourth-order valence-electron chi connectivity index (χ4n) is 2.34. The predicted octanol–water partition coefficient (Wildman–Crippen LogP) is 4.40. The van der Waals surface area contributed by atoms with Crippen molar-refractivity contribution in [1.82, 2.24) is 4.98 Å². The molecular weight excluding hydrogens is 344 g/mol. The molecule has 2 aromatic heterocycles. The number of ether oxygens (including phenoxy) is 1. The van der Waals surface area contributed by atoms with E-state index in [4.69, 9.17) is 4.74 Å². The van der Waals surface area contributed by atoms with Crippen molar-refractivity contribution in [2.75, 3.05) is 11.9 Å². The summed E-state index contributed by atoms with van der Waals surface area (Å²) in [5.74, 6) is -0.662. The summed E-state index contributed by atoms with van der Waals surface area (Å²) >= 11 is 2.86. The van der Waals surface area contributed by atoms with Gasteiger partial charge in [0, 0.05) is 10.4 Å². The van der Waals surface area contributed by atoms with Crippen LogP contribution in [-0.2, 0) is 4.74 Å². The van der Waals surface area contributed by atoms with Gasteiger partial charge in [-0.15, -0.1) is 22.7 Å². The van der Waals surface area contributed by atoms with Crippen LogP contribution in [0.1, 0.15) is 38.1 Å². The van der Waals surface area contributed by atoms with Crippen LogP contribution in [0.15, 0.2) is 23.7 Å². The molecule has 7 heteroatoms. The summed E-state index contributed by atoms with van der Waals surface area (Å²) in [4.78, 5) is 29.9. The van der Waals surface area contributed by atoms with Gasteiger partial charge < -0.3 is 10.1 Å². The summed E-state index contributed by atoms with van der Waals surface area (Å²) in [6, 6.07) is 5.35. The number of esters is 1. The number of thiazole rings is 1. The monoisotopic (exact) mass is 360 g/mol. The third kappa shape index (κ3) is 3.05. The highest BCUT2D eigenvalue weighted by Gasteiger charge is 2.22. The number of carbonyl (C=O) groups excluding carboxylic acids is 2. The number of thiophene rings is 1. The lowest BCUT2D eigenvalue weighted by molar-refractivity contribution is 0.0527. The quantitative estimate of drug-likeness (QED) is 0.700. The van der Waals surface area contributed by atoms with Gasteiger partial charge in [0.05, 0.1) is 27.9 Å². The highest BCUT2D eigenvalue weighted by molar-refractivity contribution is 7.17. The minimum absolute atomic E-state index is 0.253. The van der Waals surface area contributed by atoms with Crippen LogP contribution < -0.4 is 5.32 Å². The molecule has 1 N–H and O–H groups in total. The SMILES string of the molecule is CCOC(=O)c1c(NC(=O)c2ccc3ncsc3c2)sc(C)c1C. The second-order valence-corrected chi connectivity index (χ2v) is 7.31. The number of aromatic nitrogens is 1. The number of rotatable bonds is 4. The summed E-state index contributed by atoms with van der Waals surface area (Å²) in [7, 11) is 0. The molecule has 0 unspecified atom stereocenters. The van der Waals surface area contributed by atoms with E-state index in [1.54, 1.807) is 24.6 Å². The average Bonchev–Trinajstić information content (AvgIpc) is 3.12. The zero-order valence-corrected chi connectivity index (χ0v) is 15.1. The van der Waals surface area contributed by atoms with Gasteiger partial charge in [0.1, 0.15) is 5.00 Å². The number of nitrogens with one attached hydrogen (secondary N) is 1. The number of carbonyl (C=O) groups is 2. The van der Waals surface area contributed by atoms with E-state index in [-0.39, 0.29) is 5.91 Å². The molecule has 0 bridgehead atoms. The third-order valence-electron chi connectivity index (χ3n) is 3.69. The van der Waals surface area contributed by atoms with Gasteiger partial charge in [-0.05, 0) is 44.5 Å². The van der Waals surface area contributed by atoms with Crippen LogP contribution in [0.25, 0.3) is 10.2 Å². The number of anilines is 1. The lowest BCUT2D eigenvalue weighted by Crippen LogP contribution is -2.14. The number of nitrogens with zero attached hydrogens (tertiary/aromatic N) is 1. The molecule has 0 aliphatic carbocycles. The zero-order valence-electron chi connectivity index (χ0n) is 13.5. The molecule has 3 aromatic rings. The number of amides is 1. The third-order valence-corrected chi connectivity index (χ3v) is 5.60. The molecule has 0 radical (unpaired) electrons. The maximum absolute atomic E-state index is 12.6. The maximum Gasteiger partial charge on any atom is 0.341 e. The highest BCUT2D eigenvalue weighted by Crippen LogP contribution is 2.33. The molecule has 0 saturated heterocycles. The van der Waals surface area contributed by atoms with Crippen LogP contribution in [0.3, 0.4) is 0 Å². The van der Waals surface area contributed by atoms with Crippen molar-refractivity contribution in [3.63, 3.8) is 0 Å². The molecule has 2 heterocycles. The van der Waals surface area contributed by atoms with Gasteiger partial charge in [0.15, 0.2) is 0 Å². The van der Waals surface area contributed by atoms with Crippen LogP contribution in [-0.4, -0.2) is 23.5 Å². The second-order valence-electron chi connectivity index (χ2n) is 5.20. The van der Waals surface area contributed by atoms with E-state index in [1.807, 2.05) is 19.9 Å². The Morgan fingerprint density at radius 1 is 1.29 bits per heavy atom. The first-order valence-electron chi connectivity index (χ1n) is 7.43. The smallest absolute Gasteiger partial charge is 0.341 e. The summed E-state index contributed by atoms with van der Waals surface area (Å²) in [5, 5.41) is 3.37. The Labute approximate surface area is 147 Å². The van der Waals surface area contributed by atoms with E-state index in [9.17, 15) is 9.59 Å². The summed E-state index contributed by atoms with van der Waals surface area (Å²) < 4.78 is 6.06. The molecule has 0 fully saturated rings. The number of benzene rings is 1. The summed E-state index contributed by atoms with van der Waals surface area (Å²) in [5.41, 5.74) is 4.42. The Morgan fingerprint density at radius 3 is 2.83 bits per heavy atom. The van der Waals surface area contributed by atoms with Gasteiger partial charge >= 0.3 is 5.97 Å². The van der Waals surface area contributed by atoms with Crippen molar-refractivity contribution in [3.05, 3.63) is 45.3 Å². The van der Waals surface area contributed by atoms with Crippen molar-refractivity contribution in [3.8, 4) is 0 Å². The maximum atomic E-state index is 12.6. The largest absolute Gasteiger partial charge is 0.462 e. The van der Waals surface area contributed by atoms with Gasteiger partial charge in [0.25, 0.3) is 5.91 Å². The Balaban J connectivity index is 1.91. The second kappa shape index (κ2) is 6.70. The highest BCUT2D eigenvalue weighted by atomic mass is 32.1. The molecule has 0 spiro atoms.